The number of carbonyl (C=O) groups excluding carboxylic acids is 1. The third-order valence-electron chi connectivity index (χ3n) is 4.62. The molecule has 28 heavy (non-hydrogen) atoms. The molecule has 1 saturated heterocycles. The lowest BCUT2D eigenvalue weighted by Crippen LogP contribution is -2.27. The Balaban J connectivity index is 1.67. The first kappa shape index (κ1) is 20.1. The summed E-state index contributed by atoms with van der Waals surface area (Å²) in [5.41, 5.74) is 2.41. The number of hydrogen-bond donors (Lipinski definition) is 1. The minimum absolute atomic E-state index is 0.243. The zero-order valence-electron chi connectivity index (χ0n) is 16.0. The minimum Gasteiger partial charge on any atom is -0.496 e. The first-order valence-corrected chi connectivity index (χ1v) is 10.6. The maximum Gasteiger partial charge on any atom is 0.248 e. The van der Waals surface area contributed by atoms with Crippen molar-refractivity contribution in [3.63, 3.8) is 0 Å². The monoisotopic (exact) mass is 400 g/mol. The van der Waals surface area contributed by atoms with E-state index in [1.807, 2.05) is 25.1 Å². The topological polar surface area (TPSA) is 75.7 Å². The molecule has 1 heterocycles. The molecule has 1 N–H and O–H groups in total. The number of benzene rings is 2. The molecule has 0 aliphatic carbocycles. The van der Waals surface area contributed by atoms with Crippen LogP contribution in [0.2, 0.25) is 0 Å². The molecule has 1 amide bonds. The Bertz CT molecular complexity index is 976. The Kier molecular flexibility index (Phi) is 6.16. The average molecular weight is 401 g/mol. The molecule has 0 bridgehead atoms. The summed E-state index contributed by atoms with van der Waals surface area (Å²) in [6, 6.07) is 12.0. The van der Waals surface area contributed by atoms with Gasteiger partial charge in [-0.15, -0.1) is 0 Å². The fourth-order valence-electron chi connectivity index (χ4n) is 3.12. The fraction of sp³-hybridized carbons (Fsp3) is 0.286. The van der Waals surface area contributed by atoms with Gasteiger partial charge in [-0.25, -0.2) is 8.42 Å². The van der Waals surface area contributed by atoms with Crippen LogP contribution in [-0.2, 0) is 14.8 Å². The Hall–Kier alpha value is -2.64. The third kappa shape index (κ3) is 4.61. The number of hydrogen-bond acceptors (Lipinski definition) is 4. The molecule has 3 rings (SSSR count). The second-order valence-corrected chi connectivity index (χ2v) is 8.64. The molecule has 1 aliphatic heterocycles. The number of sulfonamides is 1. The van der Waals surface area contributed by atoms with Gasteiger partial charge in [-0.3, -0.25) is 4.79 Å². The van der Waals surface area contributed by atoms with Gasteiger partial charge in [-0.2, -0.15) is 4.31 Å². The minimum atomic E-state index is -3.45. The molecule has 6 nitrogen and oxygen atoms in total. The Morgan fingerprint density at radius 1 is 1.11 bits per heavy atom. The number of carbonyl (C=O) groups is 1. The molecule has 7 heteroatoms. The molecule has 1 aliphatic rings. The van der Waals surface area contributed by atoms with Crippen LogP contribution in [0.3, 0.4) is 0 Å². The van der Waals surface area contributed by atoms with Gasteiger partial charge < -0.3 is 10.1 Å². The summed E-state index contributed by atoms with van der Waals surface area (Å²) in [7, 11) is -1.87. The largest absolute Gasteiger partial charge is 0.496 e. The van der Waals surface area contributed by atoms with E-state index in [1.54, 1.807) is 25.3 Å². The van der Waals surface area contributed by atoms with Crippen molar-refractivity contribution in [2.24, 2.45) is 0 Å². The van der Waals surface area contributed by atoms with E-state index in [-0.39, 0.29) is 10.8 Å². The maximum absolute atomic E-state index is 12.5. The molecule has 0 radical (unpaired) electrons. The predicted octanol–water partition coefficient (Wildman–Crippen LogP) is 3.44. The molecule has 0 spiro atoms. The van der Waals surface area contributed by atoms with Gasteiger partial charge in [0.1, 0.15) is 5.75 Å². The number of anilines is 1. The van der Waals surface area contributed by atoms with Gasteiger partial charge >= 0.3 is 0 Å². The van der Waals surface area contributed by atoms with E-state index in [0.717, 1.165) is 24.0 Å². The Morgan fingerprint density at radius 3 is 2.43 bits per heavy atom. The number of methoxy groups -OCH3 is 1. The summed E-state index contributed by atoms with van der Waals surface area (Å²) in [4.78, 5) is 12.4. The molecule has 0 unspecified atom stereocenters. The van der Waals surface area contributed by atoms with Gasteiger partial charge in [0.2, 0.25) is 15.9 Å². The van der Waals surface area contributed by atoms with Crippen molar-refractivity contribution < 1.29 is 17.9 Å². The maximum atomic E-state index is 12.5. The predicted molar refractivity (Wildman–Crippen MR) is 110 cm³/mol. The normalized spacial score (nSPS) is 15.1. The highest BCUT2D eigenvalue weighted by Gasteiger charge is 2.26. The summed E-state index contributed by atoms with van der Waals surface area (Å²) in [5.74, 6) is 0.379. The first-order chi connectivity index (χ1) is 13.4. The van der Waals surface area contributed by atoms with Crippen molar-refractivity contribution in [1.82, 2.24) is 4.31 Å². The number of ether oxygens (including phenoxy) is 1. The van der Waals surface area contributed by atoms with E-state index < -0.39 is 10.0 Å². The summed E-state index contributed by atoms with van der Waals surface area (Å²) >= 11 is 0. The van der Waals surface area contributed by atoms with E-state index in [9.17, 15) is 13.2 Å². The van der Waals surface area contributed by atoms with Gasteiger partial charge in [0, 0.05) is 30.4 Å². The lowest BCUT2D eigenvalue weighted by Gasteiger charge is -2.15. The van der Waals surface area contributed by atoms with Crippen molar-refractivity contribution >= 4 is 27.7 Å². The molecular formula is C21H24N2O4S. The molecule has 0 atom stereocenters. The van der Waals surface area contributed by atoms with E-state index in [0.29, 0.717) is 24.5 Å². The zero-order valence-corrected chi connectivity index (χ0v) is 16.8. The highest BCUT2D eigenvalue weighted by Crippen LogP contribution is 2.23. The molecule has 148 valence electrons. The van der Waals surface area contributed by atoms with Crippen LogP contribution in [-0.4, -0.2) is 38.8 Å². The van der Waals surface area contributed by atoms with E-state index in [1.165, 1.54) is 22.5 Å². The number of rotatable bonds is 6. The van der Waals surface area contributed by atoms with Crippen LogP contribution in [0.4, 0.5) is 5.69 Å². The van der Waals surface area contributed by atoms with Crippen molar-refractivity contribution in [3.05, 3.63) is 59.7 Å². The summed E-state index contributed by atoms with van der Waals surface area (Å²) in [6.45, 7) is 3.09. The third-order valence-corrected chi connectivity index (χ3v) is 6.54. The van der Waals surface area contributed by atoms with E-state index in [4.69, 9.17) is 4.74 Å². The Morgan fingerprint density at radius 2 is 1.79 bits per heavy atom. The zero-order chi connectivity index (χ0) is 20.1. The highest BCUT2D eigenvalue weighted by molar-refractivity contribution is 7.89. The van der Waals surface area contributed by atoms with Crippen LogP contribution in [0.1, 0.15) is 24.0 Å². The molecule has 0 saturated carbocycles. The number of nitrogens with zero attached hydrogens (tertiary/aromatic N) is 1. The average Bonchev–Trinajstić information content (AvgIpc) is 3.23. The van der Waals surface area contributed by atoms with Crippen molar-refractivity contribution in [2.45, 2.75) is 24.7 Å². The van der Waals surface area contributed by atoms with Gasteiger partial charge in [0.05, 0.1) is 12.0 Å². The lowest BCUT2D eigenvalue weighted by molar-refractivity contribution is -0.111. The van der Waals surface area contributed by atoms with Crippen LogP contribution in [0.25, 0.3) is 6.08 Å². The molecule has 0 aromatic heterocycles. The quantitative estimate of drug-likeness (QED) is 0.754. The smallest absolute Gasteiger partial charge is 0.248 e. The fourth-order valence-corrected chi connectivity index (χ4v) is 4.64. The van der Waals surface area contributed by atoms with E-state index in [2.05, 4.69) is 5.32 Å². The Labute approximate surface area is 165 Å². The second-order valence-electron chi connectivity index (χ2n) is 6.70. The summed E-state index contributed by atoms with van der Waals surface area (Å²) in [6.07, 6.45) is 4.90. The van der Waals surface area contributed by atoms with Crippen molar-refractivity contribution in [2.75, 3.05) is 25.5 Å². The number of aryl methyl sites for hydroxylation is 1. The number of nitrogens with one attached hydrogen (secondary N) is 1. The molecule has 1 fully saturated rings. The van der Waals surface area contributed by atoms with Crippen molar-refractivity contribution in [3.8, 4) is 5.75 Å². The van der Waals surface area contributed by atoms with Crippen LogP contribution < -0.4 is 10.1 Å². The van der Waals surface area contributed by atoms with Gasteiger partial charge in [0.15, 0.2) is 0 Å². The summed E-state index contributed by atoms with van der Waals surface area (Å²) in [5, 5.41) is 2.74. The molecule has 2 aromatic rings. The van der Waals surface area contributed by atoms with Gasteiger partial charge in [-0.1, -0.05) is 11.6 Å². The second kappa shape index (κ2) is 8.58. The SMILES string of the molecule is COc1ccc(C)cc1/C=C/C(=O)Nc1ccc(S(=O)(=O)N2CCCC2)cc1. The van der Waals surface area contributed by atoms with Gasteiger partial charge in [-0.05, 0) is 62.2 Å². The highest BCUT2D eigenvalue weighted by atomic mass is 32.2. The van der Waals surface area contributed by atoms with Crippen LogP contribution in [0.15, 0.2) is 53.4 Å². The molecular weight excluding hydrogens is 376 g/mol. The van der Waals surface area contributed by atoms with E-state index >= 15 is 0 Å². The molecule has 2 aromatic carbocycles. The summed E-state index contributed by atoms with van der Waals surface area (Å²) < 4.78 is 31.9. The van der Waals surface area contributed by atoms with Crippen LogP contribution in [0, 0.1) is 6.92 Å². The first-order valence-electron chi connectivity index (χ1n) is 9.14. The standard InChI is InChI=1S/C21H24N2O4S/c1-16-5-11-20(27-2)17(15-16)6-12-21(24)22-18-7-9-19(10-8-18)28(25,26)23-13-3-4-14-23/h5-12,15H,3-4,13-14H2,1-2H3,(H,22,24)/b12-6+. The number of amides is 1. The van der Waals surface area contributed by atoms with Gasteiger partial charge in [0.25, 0.3) is 0 Å². The lowest BCUT2D eigenvalue weighted by atomic mass is 10.1. The van der Waals surface area contributed by atoms with Crippen molar-refractivity contribution in [1.29, 1.82) is 0 Å². The van der Waals surface area contributed by atoms with Crippen LogP contribution in [0.5, 0.6) is 5.75 Å². The van der Waals surface area contributed by atoms with Crippen LogP contribution >= 0.6 is 0 Å².